The number of halogens is 14. The molecule has 0 aromatic heterocycles. The molecule has 0 heterocycles. The Balaban J connectivity index is 1.18. The van der Waals surface area contributed by atoms with Gasteiger partial charge in [0.1, 0.15) is 23.2 Å². The maximum Gasteiger partial charge on any atom is 0.864 e. The van der Waals surface area contributed by atoms with Gasteiger partial charge in [-0.3, -0.25) is 0 Å². The Morgan fingerprint density at radius 3 is 1.27 bits per heavy atom. The monoisotopic (exact) mass is 878 g/mol. The highest BCUT2D eigenvalue weighted by atomic mass is 19.2. The van der Waals surface area contributed by atoms with Gasteiger partial charge in [0, 0.05) is 55.4 Å². The largest absolute Gasteiger partial charge is 0.864 e. The molecule has 0 atom stereocenters. The summed E-state index contributed by atoms with van der Waals surface area (Å²) < 4.78 is 236. The van der Waals surface area contributed by atoms with Gasteiger partial charge in [-0.1, -0.05) is 36.4 Å². The summed E-state index contributed by atoms with van der Waals surface area (Å²) in [4.78, 5) is 0. The summed E-state index contributed by atoms with van der Waals surface area (Å²) in [5.74, 6) is -30.6. The van der Waals surface area contributed by atoms with E-state index in [4.69, 9.17) is 14.0 Å². The summed E-state index contributed by atoms with van der Waals surface area (Å²) in [5, 5.41) is -8.47. The Morgan fingerprint density at radius 2 is 0.762 bits per heavy atom. The maximum absolute atomic E-state index is 16.4. The van der Waals surface area contributed by atoms with Crippen LogP contribution < -0.4 is 14.0 Å². The first-order chi connectivity index (χ1) is 30.1. The fourth-order valence-corrected chi connectivity index (χ4v) is 8.85. The van der Waals surface area contributed by atoms with Gasteiger partial charge in [0.2, 0.25) is 5.82 Å². The number of hydrogen-bond donors (Lipinski definition) is 0. The zero-order valence-electron chi connectivity index (χ0n) is 30.7. The fraction of sp³-hybridized carbons (Fsp3) is 0.0222. The minimum atomic E-state index is -3.04. The normalized spacial score (nSPS) is 12.5. The lowest BCUT2D eigenvalue weighted by Crippen LogP contribution is -2.38. The molecule has 1 aliphatic carbocycles. The van der Waals surface area contributed by atoms with E-state index in [2.05, 4.69) is 0 Å². The molecule has 10 aromatic carbocycles. The van der Waals surface area contributed by atoms with Gasteiger partial charge < -0.3 is 14.0 Å². The van der Waals surface area contributed by atoms with Gasteiger partial charge in [0.05, 0.1) is 21.5 Å². The number of fused-ring (bicyclic) bond motifs is 3. The van der Waals surface area contributed by atoms with E-state index in [1.807, 2.05) is 0 Å². The third-order valence-corrected chi connectivity index (χ3v) is 11.5. The first-order valence-corrected chi connectivity index (χ1v) is 18.3. The van der Waals surface area contributed by atoms with Gasteiger partial charge in [-0.2, -0.15) is 13.2 Å². The third kappa shape index (κ3) is 4.99. The second kappa shape index (κ2) is 13.1. The van der Waals surface area contributed by atoms with Crippen LogP contribution in [0.1, 0.15) is 11.1 Å². The third-order valence-electron chi connectivity index (χ3n) is 11.5. The fourth-order valence-electron chi connectivity index (χ4n) is 8.85. The molecule has 3 nitrogen and oxygen atoms in total. The molecule has 1 aliphatic rings. The van der Waals surface area contributed by atoms with Crippen molar-refractivity contribution in [3.8, 4) is 28.4 Å². The zero-order chi connectivity index (χ0) is 44.2. The highest BCUT2D eigenvalue weighted by molar-refractivity contribution is 6.41. The van der Waals surface area contributed by atoms with Crippen LogP contribution in [0.15, 0.2) is 66.7 Å². The standard InChI is InChI=1S/C45H13BF14O3/c47-19-3-1-2-15-12-18-27(22(15)19)32(50)39(57)42(60)45(18)63-46(61-43-16-8-4-13-6-10-20(48)28-23(13)25(16)30(35(53)33(28)51)37(55)40(43)58)62-44-17-9-5-14-7-11-21(49)29-24(14)26(17)31(36(54)34(29)52)38(56)41(44)59/h1-11H,12H2. The van der Waals surface area contributed by atoms with Crippen LogP contribution in [0.4, 0.5) is 61.5 Å². The van der Waals surface area contributed by atoms with Crippen molar-refractivity contribution in [1.82, 2.24) is 0 Å². The molecule has 63 heavy (non-hydrogen) atoms. The average Bonchev–Trinajstić information content (AvgIpc) is 3.66. The molecule has 0 bridgehead atoms. The molecule has 0 saturated heterocycles. The van der Waals surface area contributed by atoms with Crippen molar-refractivity contribution in [2.75, 3.05) is 0 Å². The lowest BCUT2D eigenvalue weighted by Gasteiger charge is -2.23. The van der Waals surface area contributed by atoms with Gasteiger partial charge in [-0.25, -0.2) is 48.3 Å². The highest BCUT2D eigenvalue weighted by Crippen LogP contribution is 2.50. The Kier molecular flexibility index (Phi) is 8.07. The van der Waals surface area contributed by atoms with Crippen LogP contribution in [0.25, 0.3) is 75.8 Å². The van der Waals surface area contributed by atoms with Crippen LogP contribution in [0.2, 0.25) is 0 Å². The van der Waals surface area contributed by atoms with Crippen molar-refractivity contribution >= 4 is 72.0 Å². The first-order valence-electron chi connectivity index (χ1n) is 18.3. The minimum absolute atomic E-state index is 0.0266. The molecule has 0 fully saturated rings. The lowest BCUT2D eigenvalue weighted by atomic mass is 9.91. The van der Waals surface area contributed by atoms with Crippen molar-refractivity contribution < 1.29 is 75.4 Å². The van der Waals surface area contributed by atoms with E-state index in [1.165, 1.54) is 12.1 Å². The predicted molar refractivity (Wildman–Crippen MR) is 202 cm³/mol. The quantitative estimate of drug-likeness (QED) is 0.0721. The molecular formula is C45H13BF14O3. The second-order valence-corrected chi connectivity index (χ2v) is 14.7. The van der Waals surface area contributed by atoms with E-state index in [0.717, 1.165) is 54.6 Å². The summed E-state index contributed by atoms with van der Waals surface area (Å²) in [6, 6.07) is 11.3. The number of rotatable bonds is 6. The van der Waals surface area contributed by atoms with Crippen LogP contribution in [-0.2, 0) is 6.42 Å². The SMILES string of the molecule is Fc1cccc2c1-c1c(F)c(F)c(F)c(OB(Oc3c(F)c(F)c4c(F)c(F)c5c(F)ccc6ccc3c4c65)Oc3c(F)c(F)c4c(F)c(F)c5c(F)ccc6ccc3c4c65)c1C2. The number of hydrogen-bond acceptors (Lipinski definition) is 3. The van der Waals surface area contributed by atoms with Crippen LogP contribution >= 0.6 is 0 Å². The highest BCUT2D eigenvalue weighted by Gasteiger charge is 2.42. The first kappa shape index (κ1) is 38.7. The topological polar surface area (TPSA) is 27.7 Å². The average molecular weight is 878 g/mol. The lowest BCUT2D eigenvalue weighted by molar-refractivity contribution is 0.283. The molecule has 0 N–H and O–H groups in total. The Morgan fingerprint density at radius 1 is 0.333 bits per heavy atom. The van der Waals surface area contributed by atoms with Crippen molar-refractivity contribution in [3.63, 3.8) is 0 Å². The van der Waals surface area contributed by atoms with Gasteiger partial charge in [0.15, 0.2) is 69.7 Å². The van der Waals surface area contributed by atoms with Gasteiger partial charge in [0.25, 0.3) is 0 Å². The van der Waals surface area contributed by atoms with E-state index in [9.17, 15) is 0 Å². The van der Waals surface area contributed by atoms with Crippen LogP contribution in [-0.4, -0.2) is 7.32 Å². The Bertz CT molecular complexity index is 3530. The van der Waals surface area contributed by atoms with E-state index in [0.29, 0.717) is 0 Å². The molecule has 0 unspecified atom stereocenters. The van der Waals surface area contributed by atoms with Crippen molar-refractivity contribution in [2.24, 2.45) is 0 Å². The molecule has 18 heteroatoms. The summed E-state index contributed by atoms with van der Waals surface area (Å²) in [5.41, 5.74) is -2.06. The second-order valence-electron chi connectivity index (χ2n) is 14.7. The summed E-state index contributed by atoms with van der Waals surface area (Å²) >= 11 is 0. The molecule has 0 spiro atoms. The van der Waals surface area contributed by atoms with Gasteiger partial charge >= 0.3 is 7.32 Å². The van der Waals surface area contributed by atoms with Gasteiger partial charge in [-0.05, 0) is 46.7 Å². The van der Waals surface area contributed by atoms with E-state index in [1.54, 1.807) is 0 Å². The van der Waals surface area contributed by atoms with E-state index in [-0.39, 0.29) is 16.3 Å². The maximum atomic E-state index is 16.4. The predicted octanol–water partition coefficient (Wildman–Crippen LogP) is 13.5. The summed E-state index contributed by atoms with van der Waals surface area (Å²) in [7, 11) is -3.04. The molecule has 0 amide bonds. The van der Waals surface area contributed by atoms with Crippen LogP contribution in [0.5, 0.6) is 17.2 Å². The molecule has 312 valence electrons. The molecule has 0 saturated carbocycles. The molecule has 0 radical (unpaired) electrons. The summed E-state index contributed by atoms with van der Waals surface area (Å²) in [6.45, 7) is 0. The zero-order valence-corrected chi connectivity index (χ0v) is 30.7. The summed E-state index contributed by atoms with van der Waals surface area (Å²) in [6.07, 6.45) is -0.588. The molecule has 11 rings (SSSR count). The Labute approximate surface area is 341 Å². The van der Waals surface area contributed by atoms with Crippen molar-refractivity contribution in [3.05, 3.63) is 159 Å². The minimum Gasteiger partial charge on any atom is -0.486 e. The van der Waals surface area contributed by atoms with Gasteiger partial charge in [-0.15, -0.1) is 0 Å². The van der Waals surface area contributed by atoms with E-state index >= 15 is 61.5 Å². The van der Waals surface area contributed by atoms with Crippen molar-refractivity contribution in [2.45, 2.75) is 6.42 Å². The number of benzene rings is 10. The van der Waals surface area contributed by atoms with Crippen molar-refractivity contribution in [1.29, 1.82) is 0 Å². The van der Waals surface area contributed by atoms with Crippen LogP contribution in [0, 0.1) is 81.4 Å². The molecular weight excluding hydrogens is 865 g/mol. The van der Waals surface area contributed by atoms with Crippen LogP contribution in [0.3, 0.4) is 0 Å². The smallest absolute Gasteiger partial charge is 0.486 e. The van der Waals surface area contributed by atoms with E-state index < -0.39 is 183 Å². The molecule has 10 aromatic rings. The Hall–Kier alpha value is -7.24. The molecule has 0 aliphatic heterocycles.